The molecule has 20 heavy (non-hydrogen) atoms. The Bertz CT molecular complexity index is 691. The third kappa shape index (κ3) is 2.23. The van der Waals surface area contributed by atoms with E-state index in [1.54, 1.807) is 18.0 Å². The van der Waals surface area contributed by atoms with Crippen molar-refractivity contribution in [2.24, 2.45) is 0 Å². The van der Waals surface area contributed by atoms with Crippen LogP contribution in [0.3, 0.4) is 0 Å². The standard InChI is InChI=1S/C17H14FNO/c1-19-11-13-10-14(18)7-8-15(13)16(17(19)20)9-12-5-3-2-4-6-12/h2-10H,11H2,1H3/b16-9-. The van der Waals surface area contributed by atoms with E-state index in [0.29, 0.717) is 12.1 Å². The lowest BCUT2D eigenvalue weighted by Gasteiger charge is -2.27. The minimum atomic E-state index is -0.273. The zero-order valence-electron chi connectivity index (χ0n) is 11.1. The number of hydrogen-bond acceptors (Lipinski definition) is 1. The number of hydrogen-bond donors (Lipinski definition) is 0. The van der Waals surface area contributed by atoms with Gasteiger partial charge in [-0.2, -0.15) is 0 Å². The SMILES string of the molecule is CN1Cc2cc(F)ccc2/C(=C/c2ccccc2)C1=O. The highest BCUT2D eigenvalue weighted by atomic mass is 19.1. The van der Waals surface area contributed by atoms with Crippen LogP contribution in [0.25, 0.3) is 11.6 Å². The van der Waals surface area contributed by atoms with Crippen molar-refractivity contribution in [1.82, 2.24) is 4.90 Å². The van der Waals surface area contributed by atoms with Crippen LogP contribution >= 0.6 is 0 Å². The molecule has 1 heterocycles. The number of fused-ring (bicyclic) bond motifs is 1. The van der Waals surface area contributed by atoms with Crippen LogP contribution in [0.2, 0.25) is 0 Å². The first-order chi connectivity index (χ1) is 9.65. The van der Waals surface area contributed by atoms with E-state index in [1.165, 1.54) is 12.1 Å². The third-order valence-corrected chi connectivity index (χ3v) is 3.45. The van der Waals surface area contributed by atoms with Gasteiger partial charge in [0.1, 0.15) is 5.82 Å². The summed E-state index contributed by atoms with van der Waals surface area (Å²) in [6.07, 6.45) is 1.86. The Morgan fingerprint density at radius 2 is 1.90 bits per heavy atom. The zero-order valence-corrected chi connectivity index (χ0v) is 11.1. The van der Waals surface area contributed by atoms with Crippen LogP contribution in [0.1, 0.15) is 16.7 Å². The third-order valence-electron chi connectivity index (χ3n) is 3.45. The highest BCUT2D eigenvalue weighted by Crippen LogP contribution is 2.30. The maximum Gasteiger partial charge on any atom is 0.254 e. The molecule has 0 unspecified atom stereocenters. The number of carbonyl (C=O) groups is 1. The fraction of sp³-hybridized carbons (Fsp3) is 0.118. The summed E-state index contributed by atoms with van der Waals surface area (Å²) in [5.74, 6) is -0.307. The van der Waals surface area contributed by atoms with Gasteiger partial charge in [0, 0.05) is 19.2 Å². The van der Waals surface area contributed by atoms with E-state index >= 15 is 0 Å². The molecule has 0 bridgehead atoms. The summed E-state index contributed by atoms with van der Waals surface area (Å²) >= 11 is 0. The number of nitrogens with zero attached hydrogens (tertiary/aromatic N) is 1. The van der Waals surface area contributed by atoms with Gasteiger partial charge in [-0.15, -0.1) is 0 Å². The molecule has 3 rings (SSSR count). The molecule has 2 aromatic carbocycles. The smallest absolute Gasteiger partial charge is 0.254 e. The Balaban J connectivity index is 2.15. The second-order valence-corrected chi connectivity index (χ2v) is 4.93. The van der Waals surface area contributed by atoms with Crippen molar-refractivity contribution in [3.05, 3.63) is 71.0 Å². The van der Waals surface area contributed by atoms with Crippen molar-refractivity contribution in [3.8, 4) is 0 Å². The lowest BCUT2D eigenvalue weighted by molar-refractivity contribution is -0.124. The van der Waals surface area contributed by atoms with Gasteiger partial charge in [-0.3, -0.25) is 4.79 Å². The van der Waals surface area contributed by atoms with Gasteiger partial charge in [-0.05, 0) is 34.9 Å². The molecule has 0 saturated carbocycles. The Morgan fingerprint density at radius 3 is 2.65 bits per heavy atom. The molecule has 1 aliphatic rings. The molecule has 0 saturated heterocycles. The molecule has 2 nitrogen and oxygen atoms in total. The number of likely N-dealkylation sites (N-methyl/N-ethyl adjacent to an activating group) is 1. The van der Waals surface area contributed by atoms with Crippen molar-refractivity contribution in [3.63, 3.8) is 0 Å². The van der Waals surface area contributed by atoms with Gasteiger partial charge in [-0.1, -0.05) is 36.4 Å². The maximum atomic E-state index is 13.3. The number of amides is 1. The monoisotopic (exact) mass is 267 g/mol. The number of rotatable bonds is 1. The van der Waals surface area contributed by atoms with Crippen LogP contribution in [0.4, 0.5) is 4.39 Å². The van der Waals surface area contributed by atoms with E-state index in [4.69, 9.17) is 0 Å². The van der Waals surface area contributed by atoms with Crippen molar-refractivity contribution in [1.29, 1.82) is 0 Å². The second-order valence-electron chi connectivity index (χ2n) is 4.93. The molecule has 100 valence electrons. The van der Waals surface area contributed by atoms with E-state index in [0.717, 1.165) is 16.7 Å². The van der Waals surface area contributed by atoms with Crippen LogP contribution in [-0.2, 0) is 11.3 Å². The average Bonchev–Trinajstić information content (AvgIpc) is 2.45. The fourth-order valence-electron chi connectivity index (χ4n) is 2.46. The van der Waals surface area contributed by atoms with Gasteiger partial charge >= 0.3 is 0 Å². The first-order valence-corrected chi connectivity index (χ1v) is 6.46. The van der Waals surface area contributed by atoms with Gasteiger partial charge in [0.05, 0.1) is 0 Å². The fourth-order valence-corrected chi connectivity index (χ4v) is 2.46. The summed E-state index contributed by atoms with van der Waals surface area (Å²) in [7, 11) is 1.73. The highest BCUT2D eigenvalue weighted by Gasteiger charge is 2.25. The van der Waals surface area contributed by atoms with Crippen molar-refractivity contribution in [2.45, 2.75) is 6.54 Å². The molecule has 0 N–H and O–H groups in total. The summed E-state index contributed by atoms with van der Waals surface area (Å²) in [4.78, 5) is 13.9. The van der Waals surface area contributed by atoms with Gasteiger partial charge in [0.25, 0.3) is 5.91 Å². The molecule has 0 spiro atoms. The predicted octanol–water partition coefficient (Wildman–Crippen LogP) is 3.34. The van der Waals surface area contributed by atoms with E-state index in [9.17, 15) is 9.18 Å². The Hall–Kier alpha value is -2.42. The van der Waals surface area contributed by atoms with Crippen LogP contribution in [0.15, 0.2) is 48.5 Å². The average molecular weight is 267 g/mol. The van der Waals surface area contributed by atoms with Crippen molar-refractivity contribution >= 4 is 17.6 Å². The van der Waals surface area contributed by atoms with E-state index in [1.807, 2.05) is 36.4 Å². The summed E-state index contributed by atoms with van der Waals surface area (Å²) in [5, 5.41) is 0. The molecular weight excluding hydrogens is 253 g/mol. The van der Waals surface area contributed by atoms with Crippen molar-refractivity contribution < 1.29 is 9.18 Å². The van der Waals surface area contributed by atoms with Crippen LogP contribution in [-0.4, -0.2) is 17.9 Å². The van der Waals surface area contributed by atoms with Gasteiger partial charge in [0.15, 0.2) is 0 Å². The minimum Gasteiger partial charge on any atom is -0.337 e. The molecule has 0 radical (unpaired) electrons. The first-order valence-electron chi connectivity index (χ1n) is 6.46. The summed E-state index contributed by atoms with van der Waals surface area (Å²) in [6, 6.07) is 14.2. The molecule has 1 aliphatic heterocycles. The van der Waals surface area contributed by atoms with E-state index < -0.39 is 0 Å². The molecular formula is C17H14FNO. The molecule has 2 aromatic rings. The van der Waals surface area contributed by atoms with Crippen LogP contribution in [0, 0.1) is 5.82 Å². The van der Waals surface area contributed by atoms with Gasteiger partial charge in [0.2, 0.25) is 0 Å². The zero-order chi connectivity index (χ0) is 14.1. The predicted molar refractivity (Wildman–Crippen MR) is 77.2 cm³/mol. The Labute approximate surface area is 117 Å². The Kier molecular flexibility index (Phi) is 3.11. The topological polar surface area (TPSA) is 20.3 Å². The first kappa shape index (κ1) is 12.6. The van der Waals surface area contributed by atoms with Crippen LogP contribution in [0.5, 0.6) is 0 Å². The molecule has 0 atom stereocenters. The van der Waals surface area contributed by atoms with Crippen molar-refractivity contribution in [2.75, 3.05) is 7.05 Å². The number of carbonyl (C=O) groups excluding carboxylic acids is 1. The summed E-state index contributed by atoms with van der Waals surface area (Å²) < 4.78 is 13.3. The largest absolute Gasteiger partial charge is 0.337 e. The molecule has 0 aliphatic carbocycles. The number of benzene rings is 2. The molecule has 0 aromatic heterocycles. The summed E-state index contributed by atoms with van der Waals surface area (Å²) in [6.45, 7) is 0.443. The van der Waals surface area contributed by atoms with E-state index in [2.05, 4.69) is 0 Å². The Morgan fingerprint density at radius 1 is 1.15 bits per heavy atom. The van der Waals surface area contributed by atoms with Gasteiger partial charge < -0.3 is 4.90 Å². The minimum absolute atomic E-state index is 0.0343. The lowest BCUT2D eigenvalue weighted by atomic mass is 9.93. The highest BCUT2D eigenvalue weighted by molar-refractivity contribution is 6.25. The van der Waals surface area contributed by atoms with Gasteiger partial charge in [-0.25, -0.2) is 4.39 Å². The molecule has 1 amide bonds. The van der Waals surface area contributed by atoms with E-state index in [-0.39, 0.29) is 11.7 Å². The quantitative estimate of drug-likeness (QED) is 0.726. The van der Waals surface area contributed by atoms with Crippen LogP contribution < -0.4 is 0 Å². The number of halogens is 1. The maximum absolute atomic E-state index is 13.3. The normalized spacial score (nSPS) is 16.4. The second kappa shape index (κ2) is 4.93. The molecule has 3 heteroatoms. The molecule has 0 fully saturated rings. The summed E-state index contributed by atoms with van der Waals surface area (Å²) in [5.41, 5.74) is 3.23. The lowest BCUT2D eigenvalue weighted by Crippen LogP contribution is -2.31.